The van der Waals surface area contributed by atoms with E-state index >= 15 is 0 Å². The number of hydrogen-bond acceptors (Lipinski definition) is 5. The lowest BCUT2D eigenvalue weighted by molar-refractivity contribution is 0.0493. The van der Waals surface area contributed by atoms with E-state index in [1.54, 1.807) is 12.1 Å². The Kier molecular flexibility index (Phi) is 8.87. The minimum Gasteiger partial charge on any atom is -0.462 e. The molecule has 0 heterocycles. The minimum atomic E-state index is -3.95. The van der Waals surface area contributed by atoms with E-state index in [4.69, 9.17) is 8.92 Å². The molecule has 23 heavy (non-hydrogen) atoms. The molecule has 130 valence electrons. The molecule has 0 radical (unpaired) electrons. The zero-order chi connectivity index (χ0) is 17.1. The average molecular weight is 342 g/mol. The van der Waals surface area contributed by atoms with Gasteiger partial charge in [0.2, 0.25) is 0 Å². The van der Waals surface area contributed by atoms with E-state index in [1.807, 2.05) is 6.92 Å². The molecule has 0 atom stereocenters. The highest BCUT2D eigenvalue weighted by Crippen LogP contribution is 2.19. The molecular formula is C17H26O5S. The highest BCUT2D eigenvalue weighted by Gasteiger charge is 2.23. The lowest BCUT2D eigenvalue weighted by Gasteiger charge is -2.10. The van der Waals surface area contributed by atoms with Crippen molar-refractivity contribution in [3.8, 4) is 0 Å². The molecule has 0 saturated carbocycles. The Morgan fingerprint density at radius 3 is 2.22 bits per heavy atom. The minimum absolute atomic E-state index is 0.0273. The van der Waals surface area contributed by atoms with E-state index in [0.29, 0.717) is 13.0 Å². The molecule has 0 aliphatic rings. The van der Waals surface area contributed by atoms with E-state index in [-0.39, 0.29) is 17.1 Å². The van der Waals surface area contributed by atoms with Crippen LogP contribution in [-0.2, 0) is 19.0 Å². The van der Waals surface area contributed by atoms with Crippen molar-refractivity contribution in [2.45, 2.75) is 57.3 Å². The van der Waals surface area contributed by atoms with Crippen molar-refractivity contribution < 1.29 is 22.1 Å². The van der Waals surface area contributed by atoms with Crippen molar-refractivity contribution in [3.05, 3.63) is 29.8 Å². The van der Waals surface area contributed by atoms with E-state index in [0.717, 1.165) is 32.1 Å². The molecule has 0 aliphatic carbocycles. The second-order valence-corrected chi connectivity index (χ2v) is 6.91. The summed E-state index contributed by atoms with van der Waals surface area (Å²) in [6.45, 7) is 4.49. The highest BCUT2D eigenvalue weighted by molar-refractivity contribution is 7.86. The molecular weight excluding hydrogens is 316 g/mol. The Balaban J connectivity index is 2.77. The Hall–Kier alpha value is -1.40. The van der Waals surface area contributed by atoms with Crippen LogP contribution in [0.1, 0.15) is 62.7 Å². The molecule has 0 fully saturated rings. The maximum Gasteiger partial charge on any atom is 0.339 e. The van der Waals surface area contributed by atoms with Gasteiger partial charge >= 0.3 is 5.97 Å². The topological polar surface area (TPSA) is 69.7 Å². The zero-order valence-corrected chi connectivity index (χ0v) is 14.7. The standard InChI is InChI=1S/C17H26O5S/c1-3-5-9-13-21-17(18)15-11-7-8-12-16(15)23(19,20)22-14-10-6-4-2/h7-8,11-12H,3-6,9-10,13-14H2,1-2H3. The monoisotopic (exact) mass is 342 g/mol. The van der Waals surface area contributed by atoms with E-state index in [1.165, 1.54) is 12.1 Å². The van der Waals surface area contributed by atoms with Crippen LogP contribution in [0.25, 0.3) is 0 Å². The summed E-state index contributed by atoms with van der Waals surface area (Å²) in [4.78, 5) is 12.0. The molecule has 6 heteroatoms. The van der Waals surface area contributed by atoms with Gasteiger partial charge in [0.15, 0.2) is 0 Å². The molecule has 0 N–H and O–H groups in total. The first-order chi connectivity index (χ1) is 11.0. The number of carbonyl (C=O) groups is 1. The third kappa shape index (κ3) is 6.71. The number of esters is 1. The predicted octanol–water partition coefficient (Wildman–Crippen LogP) is 3.93. The third-order valence-corrected chi connectivity index (χ3v) is 4.72. The molecule has 0 spiro atoms. The van der Waals surface area contributed by atoms with Gasteiger partial charge < -0.3 is 4.74 Å². The van der Waals surface area contributed by atoms with Crippen LogP contribution in [0, 0.1) is 0 Å². The second-order valence-electron chi connectivity index (χ2n) is 5.32. The fourth-order valence-electron chi connectivity index (χ4n) is 2.03. The second kappa shape index (κ2) is 10.4. The number of benzene rings is 1. The van der Waals surface area contributed by atoms with E-state index in [2.05, 4.69) is 6.92 Å². The number of hydrogen-bond donors (Lipinski definition) is 0. The first-order valence-electron chi connectivity index (χ1n) is 8.18. The summed E-state index contributed by atoms with van der Waals surface area (Å²) < 4.78 is 34.7. The van der Waals surface area contributed by atoms with Gasteiger partial charge in [-0.3, -0.25) is 4.18 Å². The van der Waals surface area contributed by atoms with Crippen molar-refractivity contribution in [3.63, 3.8) is 0 Å². The Bertz CT molecular complexity index is 580. The summed E-state index contributed by atoms with van der Waals surface area (Å²) >= 11 is 0. The molecule has 1 aromatic rings. The Morgan fingerprint density at radius 1 is 0.957 bits per heavy atom. The number of carbonyl (C=O) groups excluding carboxylic acids is 1. The summed E-state index contributed by atoms with van der Waals surface area (Å²) in [6, 6.07) is 6.00. The number of rotatable bonds is 11. The van der Waals surface area contributed by atoms with Gasteiger partial charge in [0, 0.05) is 0 Å². The van der Waals surface area contributed by atoms with Crippen LogP contribution in [0.3, 0.4) is 0 Å². The normalized spacial score (nSPS) is 11.4. The van der Waals surface area contributed by atoms with Crippen molar-refractivity contribution in [1.82, 2.24) is 0 Å². The van der Waals surface area contributed by atoms with Crippen LogP contribution < -0.4 is 0 Å². The molecule has 0 bridgehead atoms. The molecule has 0 amide bonds. The summed E-state index contributed by atoms with van der Waals surface area (Å²) in [5, 5.41) is 0. The molecule has 1 rings (SSSR count). The summed E-state index contributed by atoms with van der Waals surface area (Å²) in [5.41, 5.74) is 0.0273. The van der Waals surface area contributed by atoms with Crippen LogP contribution in [0.15, 0.2) is 29.2 Å². The SMILES string of the molecule is CCCCCOC(=O)c1ccccc1S(=O)(=O)OCCCCC. The van der Waals surface area contributed by atoms with Crippen molar-refractivity contribution >= 4 is 16.1 Å². The summed E-state index contributed by atoms with van der Waals surface area (Å²) in [7, 11) is -3.95. The third-order valence-electron chi connectivity index (χ3n) is 3.34. The van der Waals surface area contributed by atoms with Gasteiger partial charge in [-0.15, -0.1) is 0 Å². The van der Waals surface area contributed by atoms with Crippen molar-refractivity contribution in [2.24, 2.45) is 0 Å². The van der Waals surface area contributed by atoms with Gasteiger partial charge in [-0.1, -0.05) is 51.7 Å². The van der Waals surface area contributed by atoms with E-state index < -0.39 is 16.1 Å². The van der Waals surface area contributed by atoms with Crippen LogP contribution in [-0.4, -0.2) is 27.6 Å². The fraction of sp³-hybridized carbons (Fsp3) is 0.588. The first-order valence-corrected chi connectivity index (χ1v) is 9.59. The Labute approximate surface area is 139 Å². The van der Waals surface area contributed by atoms with Crippen LogP contribution in [0.2, 0.25) is 0 Å². The first kappa shape index (κ1) is 19.6. The molecule has 5 nitrogen and oxygen atoms in total. The van der Waals surface area contributed by atoms with Crippen molar-refractivity contribution in [2.75, 3.05) is 13.2 Å². The maximum absolute atomic E-state index is 12.3. The molecule has 0 saturated heterocycles. The van der Waals surface area contributed by atoms with Gasteiger partial charge in [-0.2, -0.15) is 8.42 Å². The summed E-state index contributed by atoms with van der Waals surface area (Å²) in [5.74, 6) is -0.627. The maximum atomic E-state index is 12.3. The van der Waals surface area contributed by atoms with Crippen LogP contribution >= 0.6 is 0 Å². The molecule has 0 aromatic heterocycles. The Morgan fingerprint density at radius 2 is 1.57 bits per heavy atom. The fourth-order valence-corrected chi connectivity index (χ4v) is 3.16. The van der Waals surface area contributed by atoms with Gasteiger partial charge in [-0.05, 0) is 25.0 Å². The largest absolute Gasteiger partial charge is 0.462 e. The van der Waals surface area contributed by atoms with Gasteiger partial charge in [0.05, 0.1) is 18.8 Å². The van der Waals surface area contributed by atoms with Crippen LogP contribution in [0.5, 0.6) is 0 Å². The van der Waals surface area contributed by atoms with E-state index in [9.17, 15) is 13.2 Å². The van der Waals surface area contributed by atoms with Gasteiger partial charge in [0.1, 0.15) is 4.90 Å². The van der Waals surface area contributed by atoms with Crippen molar-refractivity contribution in [1.29, 1.82) is 0 Å². The quantitative estimate of drug-likeness (QED) is 0.346. The molecule has 0 unspecified atom stereocenters. The average Bonchev–Trinajstić information content (AvgIpc) is 2.55. The molecule has 0 aliphatic heterocycles. The number of ether oxygens (including phenoxy) is 1. The zero-order valence-electron chi connectivity index (χ0n) is 13.9. The summed E-state index contributed by atoms with van der Waals surface area (Å²) in [6.07, 6.45) is 5.30. The lowest BCUT2D eigenvalue weighted by atomic mass is 10.2. The van der Waals surface area contributed by atoms with Crippen LogP contribution in [0.4, 0.5) is 0 Å². The number of unbranched alkanes of at least 4 members (excludes halogenated alkanes) is 4. The van der Waals surface area contributed by atoms with Gasteiger partial charge in [-0.25, -0.2) is 4.79 Å². The predicted molar refractivity (Wildman–Crippen MR) is 88.9 cm³/mol. The molecule has 1 aromatic carbocycles. The van der Waals surface area contributed by atoms with Gasteiger partial charge in [0.25, 0.3) is 10.1 Å². The highest BCUT2D eigenvalue weighted by atomic mass is 32.2. The smallest absolute Gasteiger partial charge is 0.339 e. The lowest BCUT2D eigenvalue weighted by Crippen LogP contribution is -2.15.